The lowest BCUT2D eigenvalue weighted by Gasteiger charge is -2.65. The number of cyclic esters (lactones) is 1. The van der Waals surface area contributed by atoms with Crippen molar-refractivity contribution in [3.05, 3.63) is 11.6 Å². The topological polar surface area (TPSA) is 120 Å². The first-order chi connectivity index (χ1) is 16.1. The number of aliphatic imine (C=N–C) groups is 1. The van der Waals surface area contributed by atoms with Crippen molar-refractivity contribution in [2.45, 2.75) is 101 Å². The zero-order chi connectivity index (χ0) is 24.4. The molecule has 34 heavy (non-hydrogen) atoms. The van der Waals surface area contributed by atoms with E-state index >= 15 is 0 Å². The SMILES string of the molecule is CC[C@@H](CO)N=C[C@]12CC[C@H](O)C[C@@]1(O)CC[C@@H]1[C@@H]2CC[C@]2(C)[C@@H](C3=CC(=O)OC3)CC[C@]12O. The van der Waals surface area contributed by atoms with E-state index in [1.807, 2.05) is 13.1 Å². The highest BCUT2D eigenvalue weighted by Gasteiger charge is 2.71. The number of carbonyl (C=O) groups is 1. The number of aliphatic hydroxyl groups excluding tert-OH is 2. The number of esters is 1. The minimum atomic E-state index is -1.06. The second-order valence-electron chi connectivity index (χ2n) is 12.0. The van der Waals surface area contributed by atoms with Gasteiger partial charge in [0.05, 0.1) is 30.0 Å². The van der Waals surface area contributed by atoms with Crippen molar-refractivity contribution < 1.29 is 30.0 Å². The molecule has 0 amide bonds. The van der Waals surface area contributed by atoms with Gasteiger partial charge >= 0.3 is 5.97 Å². The van der Waals surface area contributed by atoms with E-state index < -0.39 is 22.7 Å². The number of hydrogen-bond donors (Lipinski definition) is 4. The number of hydrogen-bond acceptors (Lipinski definition) is 7. The predicted molar refractivity (Wildman–Crippen MR) is 127 cm³/mol. The van der Waals surface area contributed by atoms with Gasteiger partial charge in [-0.15, -0.1) is 0 Å². The van der Waals surface area contributed by atoms with E-state index in [9.17, 15) is 25.2 Å². The van der Waals surface area contributed by atoms with E-state index in [2.05, 4.69) is 6.92 Å². The molecule has 4 saturated carbocycles. The number of carbonyl (C=O) groups excluding carboxylic acids is 1. The second kappa shape index (κ2) is 8.39. The normalized spacial score (nSPS) is 49.2. The summed E-state index contributed by atoms with van der Waals surface area (Å²) in [6, 6.07) is -0.203. The fourth-order valence-corrected chi connectivity index (χ4v) is 8.88. The summed E-state index contributed by atoms with van der Waals surface area (Å²) in [5.41, 5.74) is -1.88. The van der Waals surface area contributed by atoms with Crippen LogP contribution in [0.5, 0.6) is 0 Å². The third kappa shape index (κ3) is 3.30. The first kappa shape index (κ1) is 24.4. The molecule has 9 atom stereocenters. The summed E-state index contributed by atoms with van der Waals surface area (Å²) in [5, 5.41) is 44.6. The molecule has 7 nitrogen and oxygen atoms in total. The monoisotopic (exact) mass is 475 g/mol. The fraction of sp³-hybridized carbons (Fsp3) is 0.852. The molecule has 5 aliphatic rings. The molecule has 0 unspecified atom stereocenters. The molecule has 0 saturated heterocycles. The van der Waals surface area contributed by atoms with Crippen LogP contribution in [0.25, 0.3) is 0 Å². The quantitative estimate of drug-likeness (QED) is 0.358. The Kier molecular flexibility index (Phi) is 6.03. The van der Waals surface area contributed by atoms with Crippen LogP contribution < -0.4 is 0 Å². The molecular weight excluding hydrogens is 434 g/mol. The summed E-state index contributed by atoms with van der Waals surface area (Å²) in [4.78, 5) is 16.5. The Labute approximate surface area is 202 Å². The Balaban J connectivity index is 1.53. The van der Waals surface area contributed by atoms with Crippen molar-refractivity contribution in [3.8, 4) is 0 Å². The summed E-state index contributed by atoms with van der Waals surface area (Å²) in [6.07, 6.45) is 9.79. The smallest absolute Gasteiger partial charge is 0.331 e. The molecule has 0 aromatic carbocycles. The minimum Gasteiger partial charge on any atom is -0.458 e. The summed E-state index contributed by atoms with van der Waals surface area (Å²) in [7, 11) is 0. The molecule has 4 fully saturated rings. The Bertz CT molecular complexity index is 884. The van der Waals surface area contributed by atoms with Crippen LogP contribution >= 0.6 is 0 Å². The van der Waals surface area contributed by atoms with E-state index in [1.54, 1.807) is 6.08 Å². The minimum absolute atomic E-state index is 0.0195. The maximum Gasteiger partial charge on any atom is 0.331 e. The average molecular weight is 476 g/mol. The van der Waals surface area contributed by atoms with E-state index in [4.69, 9.17) is 9.73 Å². The van der Waals surface area contributed by atoms with Crippen molar-refractivity contribution in [1.29, 1.82) is 0 Å². The van der Waals surface area contributed by atoms with Gasteiger partial charge in [-0.2, -0.15) is 0 Å². The van der Waals surface area contributed by atoms with Crippen LogP contribution in [-0.4, -0.2) is 69.2 Å². The van der Waals surface area contributed by atoms with Gasteiger partial charge < -0.3 is 25.2 Å². The first-order valence-corrected chi connectivity index (χ1v) is 13.3. The molecule has 0 aromatic rings. The molecule has 7 heteroatoms. The molecular formula is C27H41NO6. The Morgan fingerprint density at radius 1 is 1.15 bits per heavy atom. The van der Waals surface area contributed by atoms with Gasteiger partial charge in [0.2, 0.25) is 0 Å². The molecule has 0 spiro atoms. The molecule has 1 aliphatic heterocycles. The third-order valence-electron chi connectivity index (χ3n) is 10.8. The Morgan fingerprint density at radius 2 is 1.91 bits per heavy atom. The van der Waals surface area contributed by atoms with E-state index in [-0.39, 0.29) is 41.8 Å². The maximum absolute atomic E-state index is 12.4. The van der Waals surface area contributed by atoms with Crippen LogP contribution in [0.15, 0.2) is 16.6 Å². The van der Waals surface area contributed by atoms with Crippen molar-refractivity contribution in [3.63, 3.8) is 0 Å². The number of fused-ring (bicyclic) bond motifs is 5. The Morgan fingerprint density at radius 3 is 2.59 bits per heavy atom. The lowest BCUT2D eigenvalue weighted by Crippen LogP contribution is -2.68. The average Bonchev–Trinajstić information content (AvgIpc) is 3.34. The molecule has 4 aliphatic carbocycles. The highest BCUT2D eigenvalue weighted by Crippen LogP contribution is 2.70. The first-order valence-electron chi connectivity index (χ1n) is 13.3. The molecule has 0 bridgehead atoms. The lowest BCUT2D eigenvalue weighted by atomic mass is 9.41. The standard InChI is InChI=1S/C27H41NO6/c1-3-18(14-29)28-16-25-9-4-19(30)13-26(25,32)10-6-22-21(25)5-8-24(2)20(7-11-27(22,24)33)17-12-23(31)34-15-17/h12,16,18-22,29-30,32-33H,3-11,13-15H2,1-2H3/t18-,19-,20+,21-,22+,24+,25-,26-,27-/m0/s1. The van der Waals surface area contributed by atoms with Gasteiger partial charge in [-0.3, -0.25) is 4.99 Å². The zero-order valence-electron chi connectivity index (χ0n) is 20.6. The van der Waals surface area contributed by atoms with Gasteiger partial charge in [-0.1, -0.05) is 13.8 Å². The number of aliphatic hydroxyl groups is 4. The highest BCUT2D eigenvalue weighted by molar-refractivity contribution is 5.85. The van der Waals surface area contributed by atoms with Crippen molar-refractivity contribution >= 4 is 12.2 Å². The van der Waals surface area contributed by atoms with Gasteiger partial charge in [-0.25, -0.2) is 4.79 Å². The van der Waals surface area contributed by atoms with Crippen LogP contribution in [0.2, 0.25) is 0 Å². The molecule has 4 N–H and O–H groups in total. The van der Waals surface area contributed by atoms with Gasteiger partial charge in [0, 0.05) is 29.5 Å². The van der Waals surface area contributed by atoms with Gasteiger partial charge in [0.1, 0.15) is 6.61 Å². The number of rotatable bonds is 5. The summed E-state index contributed by atoms with van der Waals surface area (Å²) >= 11 is 0. The summed E-state index contributed by atoms with van der Waals surface area (Å²) < 4.78 is 5.22. The van der Waals surface area contributed by atoms with Gasteiger partial charge in [0.25, 0.3) is 0 Å². The van der Waals surface area contributed by atoms with Crippen LogP contribution in [0.4, 0.5) is 0 Å². The van der Waals surface area contributed by atoms with Crippen molar-refractivity contribution in [2.75, 3.05) is 13.2 Å². The third-order valence-corrected chi connectivity index (χ3v) is 10.8. The largest absolute Gasteiger partial charge is 0.458 e. The van der Waals surface area contributed by atoms with Crippen LogP contribution in [0.1, 0.15) is 78.1 Å². The van der Waals surface area contributed by atoms with Gasteiger partial charge in [-0.05, 0) is 81.1 Å². The maximum atomic E-state index is 12.4. The van der Waals surface area contributed by atoms with E-state index in [0.29, 0.717) is 45.1 Å². The summed E-state index contributed by atoms with van der Waals surface area (Å²) in [5.74, 6) is -0.0740. The number of ether oxygens (including phenoxy) is 1. The van der Waals surface area contributed by atoms with Crippen LogP contribution in [0, 0.1) is 28.6 Å². The molecule has 1 heterocycles. The molecule has 0 aromatic heterocycles. The Hall–Kier alpha value is -1.28. The van der Waals surface area contributed by atoms with Crippen molar-refractivity contribution in [1.82, 2.24) is 0 Å². The zero-order valence-corrected chi connectivity index (χ0v) is 20.6. The molecule has 5 rings (SSSR count). The van der Waals surface area contributed by atoms with E-state index in [0.717, 1.165) is 31.3 Å². The molecule has 0 radical (unpaired) electrons. The van der Waals surface area contributed by atoms with Crippen LogP contribution in [-0.2, 0) is 9.53 Å². The van der Waals surface area contributed by atoms with Gasteiger partial charge in [0.15, 0.2) is 0 Å². The summed E-state index contributed by atoms with van der Waals surface area (Å²) in [6.45, 7) is 4.49. The predicted octanol–water partition coefficient (Wildman–Crippen LogP) is 2.54. The van der Waals surface area contributed by atoms with E-state index in [1.165, 1.54) is 0 Å². The second-order valence-corrected chi connectivity index (χ2v) is 12.0. The fourth-order valence-electron chi connectivity index (χ4n) is 8.88. The highest BCUT2D eigenvalue weighted by atomic mass is 16.5. The van der Waals surface area contributed by atoms with Crippen LogP contribution in [0.3, 0.4) is 0 Å². The number of nitrogens with zero attached hydrogens (tertiary/aromatic N) is 1. The lowest BCUT2D eigenvalue weighted by molar-refractivity contribution is -0.237. The molecule has 190 valence electrons. The van der Waals surface area contributed by atoms with Crippen molar-refractivity contribution in [2.24, 2.45) is 33.6 Å².